The first-order valence-electron chi connectivity index (χ1n) is 9.90. The SMILES string of the molecule is CSC1=NN2C(=c3ccccc3=NC2c2ccc(OC3CCCC3)cc2)C(=O)N1. The molecule has 1 amide bonds. The molecule has 0 bridgehead atoms. The monoisotopic (exact) mass is 406 g/mol. The van der Waals surface area contributed by atoms with Crippen molar-refractivity contribution in [2.45, 2.75) is 38.0 Å². The van der Waals surface area contributed by atoms with Crippen molar-refractivity contribution >= 4 is 28.5 Å². The molecule has 2 aliphatic heterocycles. The summed E-state index contributed by atoms with van der Waals surface area (Å²) in [5, 5.41) is 11.4. The van der Waals surface area contributed by atoms with Gasteiger partial charge in [0.15, 0.2) is 11.3 Å². The van der Waals surface area contributed by atoms with Crippen LogP contribution < -0.4 is 20.6 Å². The predicted molar refractivity (Wildman–Crippen MR) is 114 cm³/mol. The van der Waals surface area contributed by atoms with Gasteiger partial charge in [-0.25, -0.2) is 5.01 Å². The van der Waals surface area contributed by atoms with Crippen LogP contribution in [0.15, 0.2) is 58.6 Å². The zero-order chi connectivity index (χ0) is 19.8. The Bertz CT molecular complexity index is 1090. The Morgan fingerprint density at radius 2 is 1.86 bits per heavy atom. The van der Waals surface area contributed by atoms with Gasteiger partial charge in [0, 0.05) is 5.22 Å². The zero-order valence-electron chi connectivity index (χ0n) is 16.2. The number of rotatable bonds is 3. The van der Waals surface area contributed by atoms with Gasteiger partial charge in [-0.05, 0) is 55.7 Å². The first kappa shape index (κ1) is 18.2. The molecule has 1 N–H and O–H groups in total. The van der Waals surface area contributed by atoms with E-state index in [0.717, 1.165) is 34.7 Å². The predicted octanol–water partition coefficient (Wildman–Crippen LogP) is 2.51. The highest BCUT2D eigenvalue weighted by molar-refractivity contribution is 8.13. The maximum atomic E-state index is 12.8. The second-order valence-corrected chi connectivity index (χ2v) is 8.16. The van der Waals surface area contributed by atoms with Crippen LogP contribution in [0.4, 0.5) is 0 Å². The molecule has 2 aromatic carbocycles. The van der Waals surface area contributed by atoms with Crippen molar-refractivity contribution in [3.8, 4) is 5.75 Å². The molecule has 2 heterocycles. The molecular weight excluding hydrogens is 384 g/mol. The van der Waals surface area contributed by atoms with Crippen molar-refractivity contribution < 1.29 is 9.53 Å². The summed E-state index contributed by atoms with van der Waals surface area (Å²) < 4.78 is 6.09. The van der Waals surface area contributed by atoms with E-state index < -0.39 is 6.17 Å². The summed E-state index contributed by atoms with van der Waals surface area (Å²) in [5.41, 5.74) is 1.50. The normalized spacial score (nSPS) is 21.1. The minimum atomic E-state index is -0.395. The van der Waals surface area contributed by atoms with Crippen LogP contribution in [-0.2, 0) is 4.79 Å². The van der Waals surface area contributed by atoms with E-state index in [4.69, 9.17) is 9.73 Å². The summed E-state index contributed by atoms with van der Waals surface area (Å²) >= 11 is 1.41. The number of carbonyl (C=O) groups is 1. The molecule has 5 rings (SSSR count). The fraction of sp³-hybridized carbons (Fsp3) is 0.318. The average Bonchev–Trinajstić information content (AvgIpc) is 3.26. The lowest BCUT2D eigenvalue weighted by Crippen LogP contribution is -2.50. The second-order valence-electron chi connectivity index (χ2n) is 7.37. The van der Waals surface area contributed by atoms with E-state index in [1.54, 1.807) is 5.01 Å². The molecular formula is C22H22N4O2S. The number of amidine groups is 1. The molecule has 7 heteroatoms. The minimum absolute atomic E-state index is 0.155. The molecule has 148 valence electrons. The van der Waals surface area contributed by atoms with Gasteiger partial charge >= 0.3 is 0 Å². The molecule has 1 fully saturated rings. The number of amides is 1. The second kappa shape index (κ2) is 7.55. The summed E-state index contributed by atoms with van der Waals surface area (Å²) in [6.45, 7) is 0. The van der Waals surface area contributed by atoms with Crippen LogP contribution in [0, 0.1) is 0 Å². The van der Waals surface area contributed by atoms with E-state index in [-0.39, 0.29) is 5.91 Å². The minimum Gasteiger partial charge on any atom is -0.490 e. The fourth-order valence-corrected chi connectivity index (χ4v) is 4.42. The molecule has 0 saturated heterocycles. The van der Waals surface area contributed by atoms with E-state index in [9.17, 15) is 4.79 Å². The number of para-hydroxylation sites is 1. The molecule has 6 nitrogen and oxygen atoms in total. The third-order valence-corrected chi connectivity index (χ3v) is 6.06. The Labute approximate surface area is 173 Å². The Morgan fingerprint density at radius 3 is 2.62 bits per heavy atom. The summed E-state index contributed by atoms with van der Waals surface area (Å²) in [6, 6.07) is 15.7. The van der Waals surface area contributed by atoms with Gasteiger partial charge in [-0.3, -0.25) is 15.1 Å². The number of thioether (sulfide) groups is 1. The maximum Gasteiger partial charge on any atom is 0.276 e. The highest BCUT2D eigenvalue weighted by atomic mass is 32.2. The molecule has 3 aliphatic rings. The van der Waals surface area contributed by atoms with Gasteiger partial charge in [0.1, 0.15) is 11.4 Å². The third kappa shape index (κ3) is 3.40. The summed E-state index contributed by atoms with van der Waals surface area (Å²) in [4.78, 5) is 17.7. The van der Waals surface area contributed by atoms with Gasteiger partial charge in [-0.15, -0.1) is 5.10 Å². The molecule has 1 aliphatic carbocycles. The van der Waals surface area contributed by atoms with Crippen molar-refractivity contribution in [2.75, 3.05) is 6.26 Å². The van der Waals surface area contributed by atoms with E-state index in [0.29, 0.717) is 17.0 Å². The molecule has 1 atom stereocenters. The van der Waals surface area contributed by atoms with Crippen molar-refractivity contribution in [1.29, 1.82) is 0 Å². The van der Waals surface area contributed by atoms with Gasteiger partial charge < -0.3 is 4.74 Å². The standard InChI is InChI=1S/C22H22N4O2S/c1-29-22-24-21(27)19-17-8-4-5-9-18(17)23-20(26(19)25-22)14-10-12-16(13-11-14)28-15-6-2-3-7-15/h4-5,8-13,15,20H,2-3,6-7H2,1H3,(H,24,25,27). The Hall–Kier alpha value is -2.80. The highest BCUT2D eigenvalue weighted by Crippen LogP contribution is 2.32. The molecule has 29 heavy (non-hydrogen) atoms. The van der Waals surface area contributed by atoms with Gasteiger partial charge in [-0.1, -0.05) is 42.1 Å². The zero-order valence-corrected chi connectivity index (χ0v) is 17.0. The summed E-state index contributed by atoms with van der Waals surface area (Å²) in [5.74, 6) is 0.726. The smallest absolute Gasteiger partial charge is 0.276 e. The molecule has 1 unspecified atom stereocenters. The first-order valence-corrected chi connectivity index (χ1v) is 11.1. The molecule has 0 spiro atoms. The Morgan fingerprint density at radius 1 is 1.10 bits per heavy atom. The summed E-state index contributed by atoms with van der Waals surface area (Å²) in [7, 11) is 0. The number of ether oxygens (including phenoxy) is 1. The lowest BCUT2D eigenvalue weighted by molar-refractivity contribution is -0.116. The largest absolute Gasteiger partial charge is 0.490 e. The number of fused-ring (bicyclic) bond motifs is 2. The molecule has 1 saturated carbocycles. The van der Waals surface area contributed by atoms with Crippen LogP contribution in [0.2, 0.25) is 0 Å². The number of carbonyl (C=O) groups excluding carboxylic acids is 1. The summed E-state index contributed by atoms with van der Waals surface area (Å²) in [6.07, 6.45) is 6.57. The van der Waals surface area contributed by atoms with Crippen molar-refractivity contribution in [3.05, 3.63) is 64.7 Å². The van der Waals surface area contributed by atoms with E-state index in [1.165, 1.54) is 24.6 Å². The Kier molecular flexibility index (Phi) is 4.75. The van der Waals surface area contributed by atoms with Crippen LogP contribution in [-0.4, -0.2) is 28.4 Å². The number of hydrazone groups is 1. The lowest BCUT2D eigenvalue weighted by atomic mass is 10.1. The molecule has 0 aromatic heterocycles. The molecule has 0 radical (unpaired) electrons. The fourth-order valence-electron chi connectivity index (χ4n) is 4.05. The highest BCUT2D eigenvalue weighted by Gasteiger charge is 2.34. The number of benzene rings is 2. The van der Waals surface area contributed by atoms with Crippen LogP contribution in [0.1, 0.15) is 37.4 Å². The van der Waals surface area contributed by atoms with Crippen LogP contribution in [0.3, 0.4) is 0 Å². The van der Waals surface area contributed by atoms with Gasteiger partial charge in [0.25, 0.3) is 5.91 Å². The van der Waals surface area contributed by atoms with E-state index >= 15 is 0 Å². The topological polar surface area (TPSA) is 66.3 Å². The quantitative estimate of drug-likeness (QED) is 0.851. The number of hydrogen-bond donors (Lipinski definition) is 1. The first-order chi connectivity index (χ1) is 14.2. The van der Waals surface area contributed by atoms with Gasteiger partial charge in [0.2, 0.25) is 0 Å². The van der Waals surface area contributed by atoms with Gasteiger partial charge in [0.05, 0.1) is 11.5 Å². The number of nitrogens with zero attached hydrogens (tertiary/aromatic N) is 3. The number of nitrogens with one attached hydrogen (secondary N) is 1. The Balaban J connectivity index is 1.54. The van der Waals surface area contributed by atoms with E-state index in [1.807, 2.05) is 54.8 Å². The van der Waals surface area contributed by atoms with E-state index in [2.05, 4.69) is 10.4 Å². The van der Waals surface area contributed by atoms with Crippen LogP contribution in [0.25, 0.3) is 5.70 Å². The molecule has 2 aromatic rings. The van der Waals surface area contributed by atoms with Crippen molar-refractivity contribution in [1.82, 2.24) is 10.3 Å². The van der Waals surface area contributed by atoms with Crippen LogP contribution >= 0.6 is 11.8 Å². The lowest BCUT2D eigenvalue weighted by Gasteiger charge is -2.33. The van der Waals surface area contributed by atoms with Gasteiger partial charge in [-0.2, -0.15) is 0 Å². The van der Waals surface area contributed by atoms with Crippen LogP contribution in [0.5, 0.6) is 5.75 Å². The average molecular weight is 407 g/mol. The van der Waals surface area contributed by atoms with Crippen molar-refractivity contribution in [3.63, 3.8) is 0 Å². The number of hydrogen-bond acceptors (Lipinski definition) is 6. The third-order valence-electron chi connectivity index (χ3n) is 5.49. The maximum absolute atomic E-state index is 12.8. The van der Waals surface area contributed by atoms with Crippen molar-refractivity contribution in [2.24, 2.45) is 10.1 Å².